The highest BCUT2D eigenvalue weighted by Gasteiger charge is 2.11. The predicted molar refractivity (Wildman–Crippen MR) is 82.1 cm³/mol. The summed E-state index contributed by atoms with van der Waals surface area (Å²) >= 11 is 6.53. The van der Waals surface area contributed by atoms with Crippen LogP contribution < -0.4 is 9.47 Å². The number of pyridine rings is 1. The molecule has 0 radical (unpaired) electrons. The van der Waals surface area contributed by atoms with E-state index in [0.29, 0.717) is 5.02 Å². The van der Waals surface area contributed by atoms with E-state index in [0.717, 1.165) is 38.9 Å². The molecule has 102 valence electrons. The molecular formula is C16H14ClNO2. The average Bonchev–Trinajstić information content (AvgIpc) is 2.46. The molecule has 3 aromatic rings. The molecule has 1 heterocycles. The maximum Gasteiger partial charge on any atom is 0.122 e. The van der Waals surface area contributed by atoms with Gasteiger partial charge in [0.25, 0.3) is 0 Å². The number of methoxy groups -OCH3 is 2. The zero-order valence-corrected chi connectivity index (χ0v) is 12.3. The van der Waals surface area contributed by atoms with E-state index in [2.05, 4.69) is 4.98 Å². The predicted octanol–water partition coefficient (Wildman–Crippen LogP) is 4.37. The fourth-order valence-electron chi connectivity index (χ4n) is 2.35. The van der Waals surface area contributed by atoms with Crippen LogP contribution in [-0.4, -0.2) is 19.2 Å². The van der Waals surface area contributed by atoms with Gasteiger partial charge in [-0.1, -0.05) is 11.6 Å². The number of fused-ring (bicyclic) bond motifs is 2. The molecule has 0 aliphatic carbocycles. The second-order valence-corrected chi connectivity index (χ2v) is 5.03. The Morgan fingerprint density at radius 1 is 0.950 bits per heavy atom. The van der Waals surface area contributed by atoms with E-state index in [-0.39, 0.29) is 0 Å². The number of halogens is 1. The minimum Gasteiger partial charge on any atom is -0.497 e. The summed E-state index contributed by atoms with van der Waals surface area (Å²) in [6, 6.07) is 9.62. The number of rotatable bonds is 2. The molecule has 0 fully saturated rings. The van der Waals surface area contributed by atoms with Crippen LogP contribution >= 0.6 is 11.6 Å². The normalized spacial score (nSPS) is 11.0. The molecule has 0 saturated heterocycles. The third-order valence-electron chi connectivity index (χ3n) is 3.43. The number of aromatic nitrogens is 1. The Labute approximate surface area is 122 Å². The molecule has 0 N–H and O–H groups in total. The lowest BCUT2D eigenvalue weighted by molar-refractivity contribution is 0.412. The minimum atomic E-state index is 0.669. The second kappa shape index (κ2) is 4.84. The van der Waals surface area contributed by atoms with Crippen molar-refractivity contribution in [2.24, 2.45) is 0 Å². The van der Waals surface area contributed by atoms with Crippen molar-refractivity contribution in [2.45, 2.75) is 6.92 Å². The topological polar surface area (TPSA) is 31.4 Å². The van der Waals surface area contributed by atoms with Gasteiger partial charge in [0.2, 0.25) is 0 Å². The number of benzene rings is 2. The van der Waals surface area contributed by atoms with Gasteiger partial charge in [-0.15, -0.1) is 0 Å². The minimum absolute atomic E-state index is 0.669. The molecule has 3 rings (SSSR count). The first-order valence-electron chi connectivity index (χ1n) is 6.25. The SMILES string of the molecule is COc1ccc2nc3cc(C)c(OC)cc3c(Cl)c2c1. The van der Waals surface area contributed by atoms with Gasteiger partial charge in [-0.3, -0.25) is 0 Å². The van der Waals surface area contributed by atoms with Gasteiger partial charge in [-0.05, 0) is 42.8 Å². The third kappa shape index (κ3) is 1.95. The van der Waals surface area contributed by atoms with Crippen molar-refractivity contribution in [1.29, 1.82) is 0 Å². The van der Waals surface area contributed by atoms with Gasteiger partial charge in [0, 0.05) is 10.8 Å². The van der Waals surface area contributed by atoms with Crippen molar-refractivity contribution >= 4 is 33.4 Å². The largest absolute Gasteiger partial charge is 0.497 e. The Morgan fingerprint density at radius 3 is 2.40 bits per heavy atom. The number of nitrogens with zero attached hydrogens (tertiary/aromatic N) is 1. The van der Waals surface area contributed by atoms with Gasteiger partial charge in [-0.2, -0.15) is 0 Å². The molecule has 0 aliphatic rings. The van der Waals surface area contributed by atoms with Crippen LogP contribution in [0.3, 0.4) is 0 Å². The van der Waals surface area contributed by atoms with Crippen molar-refractivity contribution in [3.05, 3.63) is 40.9 Å². The Balaban J connectivity index is 2.41. The first-order chi connectivity index (χ1) is 9.63. The monoisotopic (exact) mass is 287 g/mol. The van der Waals surface area contributed by atoms with Gasteiger partial charge in [0.05, 0.1) is 30.3 Å². The molecule has 0 bridgehead atoms. The zero-order chi connectivity index (χ0) is 14.3. The Bertz CT molecular complexity index is 815. The lowest BCUT2D eigenvalue weighted by Gasteiger charge is -2.10. The molecule has 0 amide bonds. The van der Waals surface area contributed by atoms with Crippen molar-refractivity contribution in [1.82, 2.24) is 4.98 Å². The molecule has 4 heteroatoms. The molecule has 0 saturated carbocycles. The summed E-state index contributed by atoms with van der Waals surface area (Å²) in [5, 5.41) is 2.43. The van der Waals surface area contributed by atoms with Crippen LogP contribution in [-0.2, 0) is 0 Å². The van der Waals surface area contributed by atoms with Crippen LogP contribution in [0.2, 0.25) is 5.02 Å². The summed E-state index contributed by atoms with van der Waals surface area (Å²) < 4.78 is 10.6. The van der Waals surface area contributed by atoms with E-state index in [1.165, 1.54) is 0 Å². The zero-order valence-electron chi connectivity index (χ0n) is 11.5. The van der Waals surface area contributed by atoms with Crippen LogP contribution in [0.4, 0.5) is 0 Å². The lowest BCUT2D eigenvalue weighted by atomic mass is 10.1. The van der Waals surface area contributed by atoms with E-state index in [1.54, 1.807) is 14.2 Å². The fourth-order valence-corrected chi connectivity index (χ4v) is 2.65. The molecule has 1 aromatic heterocycles. The molecule has 2 aromatic carbocycles. The van der Waals surface area contributed by atoms with Crippen molar-refractivity contribution < 1.29 is 9.47 Å². The van der Waals surface area contributed by atoms with Crippen LogP contribution in [0.1, 0.15) is 5.56 Å². The Morgan fingerprint density at radius 2 is 1.70 bits per heavy atom. The highest BCUT2D eigenvalue weighted by Crippen LogP contribution is 2.35. The summed E-state index contributed by atoms with van der Waals surface area (Å²) in [7, 11) is 3.29. The van der Waals surface area contributed by atoms with Crippen LogP contribution in [0.5, 0.6) is 11.5 Å². The van der Waals surface area contributed by atoms with Crippen LogP contribution in [0, 0.1) is 6.92 Å². The summed E-state index contributed by atoms with van der Waals surface area (Å²) in [5.41, 5.74) is 2.76. The quantitative estimate of drug-likeness (QED) is 0.656. The highest BCUT2D eigenvalue weighted by atomic mass is 35.5. The number of hydrogen-bond donors (Lipinski definition) is 0. The molecule has 3 nitrogen and oxygen atoms in total. The smallest absolute Gasteiger partial charge is 0.122 e. The highest BCUT2D eigenvalue weighted by molar-refractivity contribution is 6.40. The van der Waals surface area contributed by atoms with Gasteiger partial charge >= 0.3 is 0 Å². The van der Waals surface area contributed by atoms with Crippen LogP contribution in [0.25, 0.3) is 21.8 Å². The van der Waals surface area contributed by atoms with Crippen molar-refractivity contribution in [3.63, 3.8) is 0 Å². The van der Waals surface area contributed by atoms with E-state index in [9.17, 15) is 0 Å². The summed E-state index contributed by atoms with van der Waals surface area (Å²) in [4.78, 5) is 4.65. The van der Waals surface area contributed by atoms with Gasteiger partial charge in [0.1, 0.15) is 11.5 Å². The number of aryl methyl sites for hydroxylation is 1. The summed E-state index contributed by atoms with van der Waals surface area (Å²) in [6.45, 7) is 1.99. The van der Waals surface area contributed by atoms with Crippen molar-refractivity contribution in [3.8, 4) is 11.5 Å². The fraction of sp³-hybridized carbons (Fsp3) is 0.188. The first-order valence-corrected chi connectivity index (χ1v) is 6.63. The van der Waals surface area contributed by atoms with Crippen LogP contribution in [0.15, 0.2) is 30.3 Å². The molecule has 0 unspecified atom stereocenters. The maximum atomic E-state index is 6.53. The molecule has 0 spiro atoms. The molecule has 0 aliphatic heterocycles. The van der Waals surface area contributed by atoms with Gasteiger partial charge in [0.15, 0.2) is 0 Å². The first kappa shape index (κ1) is 13.0. The summed E-state index contributed by atoms with van der Waals surface area (Å²) in [5.74, 6) is 1.57. The lowest BCUT2D eigenvalue weighted by Crippen LogP contribution is -1.91. The van der Waals surface area contributed by atoms with Gasteiger partial charge < -0.3 is 9.47 Å². The Hall–Kier alpha value is -2.00. The summed E-state index contributed by atoms with van der Waals surface area (Å²) in [6.07, 6.45) is 0. The maximum absolute atomic E-state index is 6.53. The Kier molecular flexibility index (Phi) is 3.14. The van der Waals surface area contributed by atoms with E-state index < -0.39 is 0 Å². The van der Waals surface area contributed by atoms with E-state index >= 15 is 0 Å². The number of hydrogen-bond acceptors (Lipinski definition) is 3. The third-order valence-corrected chi connectivity index (χ3v) is 3.84. The molecular weight excluding hydrogens is 274 g/mol. The molecule has 20 heavy (non-hydrogen) atoms. The van der Waals surface area contributed by atoms with Gasteiger partial charge in [-0.25, -0.2) is 4.98 Å². The number of ether oxygens (including phenoxy) is 2. The van der Waals surface area contributed by atoms with E-state index in [1.807, 2.05) is 37.3 Å². The van der Waals surface area contributed by atoms with E-state index in [4.69, 9.17) is 21.1 Å². The second-order valence-electron chi connectivity index (χ2n) is 4.65. The molecule has 0 atom stereocenters. The standard InChI is InChI=1S/C16H14ClNO2/c1-9-6-14-12(8-15(9)20-3)16(17)11-7-10(19-2)4-5-13(11)18-14/h4-8H,1-3H3. The van der Waals surface area contributed by atoms with Crippen molar-refractivity contribution in [2.75, 3.05) is 14.2 Å². The average molecular weight is 288 g/mol.